The highest BCUT2D eigenvalue weighted by Crippen LogP contribution is 2.20. The standard InChI is InChI=1S/C30H57N5O8Si/c1-9-41-44(42-10-2,43-11-3)18-12-15-32-29(36)33-24(5)20-38-16-17-39-22-26(7)40-21-25(6)34-30(37)35-28-19-27(31-8)14-13-23(28)4/h13-14,19,24-26,31H,9-12,15-18,20-22H2,1-8H3,(H2,32,33,36)(H2,34,35,37). The molecule has 0 aromatic heterocycles. The van der Waals surface area contributed by atoms with Crippen LogP contribution in [0.2, 0.25) is 6.04 Å². The van der Waals surface area contributed by atoms with E-state index < -0.39 is 8.80 Å². The van der Waals surface area contributed by atoms with Crippen LogP contribution >= 0.6 is 0 Å². The van der Waals surface area contributed by atoms with Crippen LogP contribution < -0.4 is 26.6 Å². The Morgan fingerprint density at radius 1 is 0.841 bits per heavy atom. The van der Waals surface area contributed by atoms with Crippen molar-refractivity contribution in [1.82, 2.24) is 16.0 Å². The number of amides is 4. The Morgan fingerprint density at radius 2 is 1.43 bits per heavy atom. The predicted octanol–water partition coefficient (Wildman–Crippen LogP) is 4.11. The molecule has 44 heavy (non-hydrogen) atoms. The van der Waals surface area contributed by atoms with Crippen LogP contribution in [0.3, 0.4) is 0 Å². The van der Waals surface area contributed by atoms with Crippen LogP contribution in [0.4, 0.5) is 21.0 Å². The molecule has 0 fully saturated rings. The van der Waals surface area contributed by atoms with Gasteiger partial charge < -0.3 is 54.1 Å². The van der Waals surface area contributed by atoms with Crippen LogP contribution in [0, 0.1) is 6.92 Å². The zero-order valence-electron chi connectivity index (χ0n) is 28.0. The van der Waals surface area contributed by atoms with E-state index in [0.29, 0.717) is 71.9 Å². The van der Waals surface area contributed by atoms with Crippen LogP contribution in [0.15, 0.2) is 18.2 Å². The Kier molecular flexibility index (Phi) is 20.6. The Bertz CT molecular complexity index is 928. The van der Waals surface area contributed by atoms with Crippen LogP contribution in [0.25, 0.3) is 0 Å². The summed E-state index contributed by atoms with van der Waals surface area (Å²) < 4.78 is 34.6. The molecule has 13 nitrogen and oxygen atoms in total. The first-order valence-electron chi connectivity index (χ1n) is 15.7. The Labute approximate surface area is 265 Å². The number of carbonyl (C=O) groups excluding carboxylic acids is 2. The number of anilines is 2. The first-order valence-corrected chi connectivity index (χ1v) is 17.6. The van der Waals surface area contributed by atoms with Gasteiger partial charge in [0, 0.05) is 50.8 Å². The average Bonchev–Trinajstić information content (AvgIpc) is 2.97. The maximum absolute atomic E-state index is 12.4. The molecule has 4 amide bonds. The number of hydrogen-bond donors (Lipinski definition) is 5. The van der Waals surface area contributed by atoms with E-state index in [1.54, 1.807) is 0 Å². The molecule has 0 heterocycles. The molecule has 1 rings (SSSR count). The Balaban J connectivity index is 2.14. The summed E-state index contributed by atoms with van der Waals surface area (Å²) in [5.74, 6) is 0. The maximum atomic E-state index is 12.4. The largest absolute Gasteiger partial charge is 0.500 e. The van der Waals surface area contributed by atoms with Gasteiger partial charge in [-0.15, -0.1) is 0 Å². The van der Waals surface area contributed by atoms with Crippen molar-refractivity contribution in [3.05, 3.63) is 23.8 Å². The van der Waals surface area contributed by atoms with E-state index in [-0.39, 0.29) is 30.2 Å². The summed E-state index contributed by atoms with van der Waals surface area (Å²) in [5, 5.41) is 14.6. The fourth-order valence-corrected chi connectivity index (χ4v) is 6.76. The molecule has 3 unspecified atom stereocenters. The van der Waals surface area contributed by atoms with E-state index >= 15 is 0 Å². The number of urea groups is 2. The molecular weight excluding hydrogens is 586 g/mol. The van der Waals surface area contributed by atoms with Crippen molar-refractivity contribution in [3.63, 3.8) is 0 Å². The third kappa shape index (κ3) is 17.1. The van der Waals surface area contributed by atoms with Crippen molar-refractivity contribution in [2.45, 2.75) is 79.1 Å². The molecule has 0 radical (unpaired) electrons. The van der Waals surface area contributed by atoms with Crippen molar-refractivity contribution in [2.75, 3.05) is 77.1 Å². The van der Waals surface area contributed by atoms with Gasteiger partial charge in [-0.2, -0.15) is 0 Å². The number of rotatable bonds is 24. The minimum absolute atomic E-state index is 0.149. The molecule has 0 aliphatic carbocycles. The SMILES string of the molecule is CCO[Si](CCCNC(=O)NC(C)COCCOCC(C)OCC(C)NC(=O)Nc1cc(NC)ccc1C)(OCC)OCC. The summed E-state index contributed by atoms with van der Waals surface area (Å²) in [6.07, 6.45) is 0.547. The molecule has 0 saturated heterocycles. The summed E-state index contributed by atoms with van der Waals surface area (Å²) in [4.78, 5) is 24.6. The van der Waals surface area contributed by atoms with Gasteiger partial charge >= 0.3 is 20.9 Å². The van der Waals surface area contributed by atoms with Gasteiger partial charge in [0.2, 0.25) is 0 Å². The van der Waals surface area contributed by atoms with Crippen molar-refractivity contribution in [3.8, 4) is 0 Å². The summed E-state index contributed by atoms with van der Waals surface area (Å²) in [7, 11) is -0.865. The summed E-state index contributed by atoms with van der Waals surface area (Å²) >= 11 is 0. The van der Waals surface area contributed by atoms with Crippen molar-refractivity contribution >= 4 is 32.2 Å². The molecule has 1 aromatic carbocycles. The zero-order chi connectivity index (χ0) is 32.8. The lowest BCUT2D eigenvalue weighted by molar-refractivity contribution is -0.0281. The molecule has 1 aromatic rings. The van der Waals surface area contributed by atoms with E-state index in [0.717, 1.165) is 16.9 Å². The smallest absolute Gasteiger partial charge is 0.388 e. The molecule has 3 atom stereocenters. The van der Waals surface area contributed by atoms with Gasteiger partial charge in [-0.1, -0.05) is 6.07 Å². The summed E-state index contributed by atoms with van der Waals surface area (Å²) in [5.41, 5.74) is 2.64. The van der Waals surface area contributed by atoms with Gasteiger partial charge in [-0.05, 0) is 72.6 Å². The van der Waals surface area contributed by atoms with Crippen LogP contribution in [0.5, 0.6) is 0 Å². The molecule has 0 bridgehead atoms. The molecule has 0 saturated carbocycles. The number of carbonyl (C=O) groups is 2. The summed E-state index contributed by atoms with van der Waals surface area (Å²) in [6, 6.07) is 5.55. The Hall–Kier alpha value is -2.46. The van der Waals surface area contributed by atoms with Crippen LogP contribution in [0.1, 0.15) is 53.5 Å². The third-order valence-electron chi connectivity index (χ3n) is 6.29. The molecule has 0 aliphatic rings. The minimum atomic E-state index is -2.70. The second-order valence-corrected chi connectivity index (χ2v) is 13.2. The lowest BCUT2D eigenvalue weighted by Crippen LogP contribution is -2.47. The van der Waals surface area contributed by atoms with Crippen LogP contribution in [-0.2, 0) is 27.5 Å². The van der Waals surface area contributed by atoms with Crippen molar-refractivity contribution in [2.24, 2.45) is 0 Å². The first kappa shape index (κ1) is 39.6. The first-order chi connectivity index (χ1) is 21.1. The lowest BCUT2D eigenvalue weighted by Gasteiger charge is -2.28. The highest BCUT2D eigenvalue weighted by molar-refractivity contribution is 6.60. The van der Waals surface area contributed by atoms with Crippen LogP contribution in [-0.4, -0.2) is 106 Å². The van der Waals surface area contributed by atoms with Gasteiger partial charge in [0.05, 0.1) is 51.2 Å². The number of hydrogen-bond acceptors (Lipinski definition) is 9. The third-order valence-corrected chi connectivity index (χ3v) is 9.44. The van der Waals surface area contributed by atoms with Crippen molar-refractivity contribution in [1.29, 1.82) is 0 Å². The minimum Gasteiger partial charge on any atom is -0.388 e. The fraction of sp³-hybridized carbons (Fsp3) is 0.733. The van der Waals surface area contributed by atoms with Gasteiger partial charge in [0.25, 0.3) is 0 Å². The number of benzene rings is 1. The molecule has 0 aliphatic heterocycles. The normalized spacial score (nSPS) is 13.5. The van der Waals surface area contributed by atoms with Gasteiger partial charge in [-0.25, -0.2) is 9.59 Å². The highest BCUT2D eigenvalue weighted by atomic mass is 28.4. The molecule has 0 spiro atoms. The van der Waals surface area contributed by atoms with Gasteiger partial charge in [0.1, 0.15) is 0 Å². The maximum Gasteiger partial charge on any atom is 0.500 e. The van der Waals surface area contributed by atoms with Gasteiger partial charge in [0.15, 0.2) is 0 Å². The van der Waals surface area contributed by atoms with E-state index in [1.165, 1.54) is 0 Å². The topological polar surface area (TPSA) is 150 Å². The number of nitrogens with one attached hydrogen (secondary N) is 5. The summed E-state index contributed by atoms with van der Waals surface area (Å²) in [6.45, 7) is 17.4. The molecule has 5 N–H and O–H groups in total. The van der Waals surface area contributed by atoms with E-state index in [2.05, 4.69) is 26.6 Å². The van der Waals surface area contributed by atoms with E-state index in [9.17, 15) is 9.59 Å². The quantitative estimate of drug-likeness (QED) is 0.0829. The number of aryl methyl sites for hydroxylation is 1. The highest BCUT2D eigenvalue weighted by Gasteiger charge is 2.39. The van der Waals surface area contributed by atoms with Crippen molar-refractivity contribution < 1.29 is 37.1 Å². The Morgan fingerprint density at radius 3 is 2.05 bits per heavy atom. The van der Waals surface area contributed by atoms with E-state index in [4.69, 9.17) is 27.5 Å². The number of ether oxygens (including phenoxy) is 3. The molecular formula is C30H57N5O8Si. The predicted molar refractivity (Wildman–Crippen MR) is 175 cm³/mol. The lowest BCUT2D eigenvalue weighted by atomic mass is 10.2. The van der Waals surface area contributed by atoms with E-state index in [1.807, 2.05) is 73.7 Å². The molecule has 254 valence electrons. The van der Waals surface area contributed by atoms with Gasteiger partial charge in [-0.3, -0.25) is 0 Å². The zero-order valence-corrected chi connectivity index (χ0v) is 29.0. The second kappa shape index (κ2) is 23.0. The fourth-order valence-electron chi connectivity index (χ4n) is 4.14. The molecule has 14 heteroatoms. The average molecular weight is 644 g/mol. The second-order valence-electron chi connectivity index (χ2n) is 10.5. The monoisotopic (exact) mass is 643 g/mol.